The lowest BCUT2D eigenvalue weighted by molar-refractivity contribution is 0.0819. The minimum absolute atomic E-state index is 0.214. The minimum atomic E-state index is 0.214. The average Bonchev–Trinajstić information content (AvgIpc) is 2.49. The molecule has 0 bridgehead atoms. The SMILES string of the molecule is CCC(N)Cc1ccc(Cl)cc1N1CCC(OC)CC1. The molecule has 1 aliphatic rings. The number of piperidine rings is 1. The van der Waals surface area contributed by atoms with Gasteiger partial charge >= 0.3 is 0 Å². The van der Waals surface area contributed by atoms with Gasteiger partial charge in [-0.2, -0.15) is 0 Å². The third-order valence-electron chi connectivity index (χ3n) is 4.17. The predicted molar refractivity (Wildman–Crippen MR) is 85.7 cm³/mol. The molecule has 3 nitrogen and oxygen atoms in total. The Bertz CT molecular complexity index is 430. The summed E-state index contributed by atoms with van der Waals surface area (Å²) in [5.74, 6) is 0. The second-order valence-corrected chi connectivity index (χ2v) is 6.00. The standard InChI is InChI=1S/C16H25ClN2O/c1-3-14(18)10-12-4-5-13(17)11-16(12)19-8-6-15(20-2)7-9-19/h4-5,11,14-15H,3,6-10,18H2,1-2H3. The quantitative estimate of drug-likeness (QED) is 0.906. The highest BCUT2D eigenvalue weighted by atomic mass is 35.5. The number of ether oxygens (including phenoxy) is 1. The Morgan fingerprint density at radius 3 is 2.70 bits per heavy atom. The summed E-state index contributed by atoms with van der Waals surface area (Å²) < 4.78 is 5.44. The Morgan fingerprint density at radius 2 is 2.10 bits per heavy atom. The summed E-state index contributed by atoms with van der Waals surface area (Å²) in [6.07, 6.45) is 4.44. The molecular weight excluding hydrogens is 272 g/mol. The Hall–Kier alpha value is -0.770. The van der Waals surface area contributed by atoms with E-state index in [0.29, 0.717) is 6.10 Å². The number of halogens is 1. The first-order valence-electron chi connectivity index (χ1n) is 7.45. The molecule has 2 N–H and O–H groups in total. The molecule has 1 heterocycles. The fourth-order valence-electron chi connectivity index (χ4n) is 2.76. The molecule has 4 heteroatoms. The van der Waals surface area contributed by atoms with Crippen molar-refractivity contribution in [1.29, 1.82) is 0 Å². The van der Waals surface area contributed by atoms with Crippen molar-refractivity contribution in [2.45, 2.75) is 44.8 Å². The van der Waals surface area contributed by atoms with Crippen LogP contribution in [0.15, 0.2) is 18.2 Å². The van der Waals surface area contributed by atoms with Crippen LogP contribution in [-0.2, 0) is 11.2 Å². The van der Waals surface area contributed by atoms with Crippen LogP contribution in [0.5, 0.6) is 0 Å². The number of methoxy groups -OCH3 is 1. The Morgan fingerprint density at radius 1 is 1.40 bits per heavy atom. The summed E-state index contributed by atoms with van der Waals surface area (Å²) in [7, 11) is 1.80. The van der Waals surface area contributed by atoms with Gasteiger partial charge in [0.1, 0.15) is 0 Å². The molecule has 0 amide bonds. The molecule has 1 aromatic carbocycles. The Kier molecular flexibility index (Phi) is 5.70. The molecule has 0 radical (unpaired) electrons. The first kappa shape index (κ1) is 15.6. The molecular formula is C16H25ClN2O. The molecule has 0 spiro atoms. The van der Waals surface area contributed by atoms with Gasteiger partial charge in [-0.3, -0.25) is 0 Å². The number of benzene rings is 1. The summed E-state index contributed by atoms with van der Waals surface area (Å²) >= 11 is 6.18. The van der Waals surface area contributed by atoms with E-state index in [9.17, 15) is 0 Å². The van der Waals surface area contributed by atoms with E-state index >= 15 is 0 Å². The van der Waals surface area contributed by atoms with E-state index in [-0.39, 0.29) is 6.04 Å². The van der Waals surface area contributed by atoms with Gasteiger partial charge < -0.3 is 15.4 Å². The van der Waals surface area contributed by atoms with Crippen LogP contribution in [0.2, 0.25) is 5.02 Å². The van der Waals surface area contributed by atoms with E-state index in [1.165, 1.54) is 11.3 Å². The first-order chi connectivity index (χ1) is 9.63. The smallest absolute Gasteiger partial charge is 0.0605 e. The lowest BCUT2D eigenvalue weighted by Gasteiger charge is -2.34. The molecule has 20 heavy (non-hydrogen) atoms. The zero-order valence-electron chi connectivity index (χ0n) is 12.4. The summed E-state index contributed by atoms with van der Waals surface area (Å²) in [6.45, 7) is 4.17. The third-order valence-corrected chi connectivity index (χ3v) is 4.40. The Balaban J connectivity index is 2.15. The van der Waals surface area contributed by atoms with Gasteiger partial charge in [0.2, 0.25) is 0 Å². The highest BCUT2D eigenvalue weighted by Gasteiger charge is 2.21. The third kappa shape index (κ3) is 3.87. The van der Waals surface area contributed by atoms with Crippen LogP contribution in [0.1, 0.15) is 31.7 Å². The lowest BCUT2D eigenvalue weighted by Crippen LogP contribution is -2.37. The molecule has 1 unspecified atom stereocenters. The molecule has 1 saturated heterocycles. The second-order valence-electron chi connectivity index (χ2n) is 5.57. The molecule has 2 rings (SSSR count). The predicted octanol–water partition coefficient (Wildman–Crippen LogP) is 3.24. The lowest BCUT2D eigenvalue weighted by atomic mass is 10.00. The number of hydrogen-bond acceptors (Lipinski definition) is 3. The van der Waals surface area contributed by atoms with E-state index in [2.05, 4.69) is 24.0 Å². The number of anilines is 1. The molecule has 1 aliphatic heterocycles. The van der Waals surface area contributed by atoms with Crippen molar-refractivity contribution in [3.05, 3.63) is 28.8 Å². The van der Waals surface area contributed by atoms with Gasteiger partial charge in [-0.15, -0.1) is 0 Å². The number of hydrogen-bond donors (Lipinski definition) is 1. The van der Waals surface area contributed by atoms with Gasteiger partial charge in [0.25, 0.3) is 0 Å². The summed E-state index contributed by atoms with van der Waals surface area (Å²) in [6, 6.07) is 6.37. The summed E-state index contributed by atoms with van der Waals surface area (Å²) in [4.78, 5) is 2.42. The van der Waals surface area contributed by atoms with E-state index in [0.717, 1.165) is 43.8 Å². The molecule has 112 valence electrons. The van der Waals surface area contributed by atoms with Gasteiger partial charge in [-0.1, -0.05) is 24.6 Å². The van der Waals surface area contributed by atoms with Crippen LogP contribution >= 0.6 is 11.6 Å². The van der Waals surface area contributed by atoms with Crippen LogP contribution in [0, 0.1) is 0 Å². The number of nitrogens with zero attached hydrogens (tertiary/aromatic N) is 1. The Labute approximate surface area is 127 Å². The zero-order valence-corrected chi connectivity index (χ0v) is 13.2. The van der Waals surface area contributed by atoms with E-state index in [1.807, 2.05) is 6.07 Å². The van der Waals surface area contributed by atoms with Gasteiger partial charge in [0.15, 0.2) is 0 Å². The summed E-state index contributed by atoms with van der Waals surface area (Å²) in [5.41, 5.74) is 8.67. The van der Waals surface area contributed by atoms with Crippen molar-refractivity contribution >= 4 is 17.3 Å². The van der Waals surface area contributed by atoms with E-state index in [1.54, 1.807) is 7.11 Å². The van der Waals surface area contributed by atoms with Crippen LogP contribution in [-0.4, -0.2) is 32.3 Å². The summed E-state index contributed by atoms with van der Waals surface area (Å²) in [5, 5.41) is 0.794. The highest BCUT2D eigenvalue weighted by molar-refractivity contribution is 6.30. The van der Waals surface area contributed by atoms with E-state index in [4.69, 9.17) is 22.1 Å². The maximum absolute atomic E-state index is 6.18. The van der Waals surface area contributed by atoms with Crippen molar-refractivity contribution in [2.24, 2.45) is 5.73 Å². The van der Waals surface area contributed by atoms with Gasteiger partial charge in [-0.05, 0) is 43.4 Å². The monoisotopic (exact) mass is 296 g/mol. The number of rotatable bonds is 5. The largest absolute Gasteiger partial charge is 0.381 e. The van der Waals surface area contributed by atoms with Gasteiger partial charge in [0, 0.05) is 37.0 Å². The maximum Gasteiger partial charge on any atom is 0.0605 e. The fraction of sp³-hybridized carbons (Fsp3) is 0.625. The second kappa shape index (κ2) is 7.30. The molecule has 1 fully saturated rings. The molecule has 1 atom stereocenters. The van der Waals surface area contributed by atoms with Crippen LogP contribution in [0.3, 0.4) is 0 Å². The van der Waals surface area contributed by atoms with Crippen molar-refractivity contribution in [1.82, 2.24) is 0 Å². The minimum Gasteiger partial charge on any atom is -0.381 e. The molecule has 0 saturated carbocycles. The fourth-order valence-corrected chi connectivity index (χ4v) is 2.93. The zero-order chi connectivity index (χ0) is 14.5. The van der Waals surface area contributed by atoms with Crippen molar-refractivity contribution < 1.29 is 4.74 Å². The van der Waals surface area contributed by atoms with Crippen LogP contribution in [0.4, 0.5) is 5.69 Å². The average molecular weight is 297 g/mol. The van der Waals surface area contributed by atoms with Crippen molar-refractivity contribution in [2.75, 3.05) is 25.1 Å². The van der Waals surface area contributed by atoms with Crippen LogP contribution in [0.25, 0.3) is 0 Å². The molecule has 1 aromatic rings. The molecule has 0 aliphatic carbocycles. The highest BCUT2D eigenvalue weighted by Crippen LogP contribution is 2.29. The number of nitrogens with two attached hydrogens (primary N) is 1. The first-order valence-corrected chi connectivity index (χ1v) is 7.83. The normalized spacial score (nSPS) is 18.3. The van der Waals surface area contributed by atoms with Gasteiger partial charge in [0.05, 0.1) is 6.10 Å². The van der Waals surface area contributed by atoms with Gasteiger partial charge in [-0.25, -0.2) is 0 Å². The van der Waals surface area contributed by atoms with Crippen LogP contribution < -0.4 is 10.6 Å². The van der Waals surface area contributed by atoms with E-state index < -0.39 is 0 Å². The topological polar surface area (TPSA) is 38.5 Å². The van der Waals surface area contributed by atoms with Crippen molar-refractivity contribution in [3.63, 3.8) is 0 Å². The van der Waals surface area contributed by atoms with Crippen molar-refractivity contribution in [3.8, 4) is 0 Å². The maximum atomic E-state index is 6.18. The molecule has 0 aromatic heterocycles.